The fourth-order valence-corrected chi connectivity index (χ4v) is 3.23. The highest BCUT2D eigenvalue weighted by atomic mass is 19.3. The second-order valence-electron chi connectivity index (χ2n) is 7.28. The van der Waals surface area contributed by atoms with Crippen molar-refractivity contribution in [2.75, 3.05) is 6.61 Å². The largest absolute Gasteiger partial charge is 0.462 e. The number of hydrogen-bond acceptors (Lipinski definition) is 5. The van der Waals surface area contributed by atoms with Crippen LogP contribution in [0.5, 0.6) is 11.5 Å². The molecule has 1 aromatic heterocycles. The minimum Gasteiger partial charge on any atom is -0.427 e. The molecule has 1 aliphatic rings. The first-order valence-electron chi connectivity index (χ1n) is 9.74. The molecule has 1 aromatic carbocycles. The Morgan fingerprint density at radius 1 is 0.969 bits per heavy atom. The maximum Gasteiger partial charge on any atom is 0.462 e. The van der Waals surface area contributed by atoms with Crippen molar-refractivity contribution in [1.82, 2.24) is 9.97 Å². The van der Waals surface area contributed by atoms with Gasteiger partial charge in [-0.1, -0.05) is 13.3 Å². The van der Waals surface area contributed by atoms with Crippen LogP contribution in [-0.2, 0) is 10.8 Å². The predicted octanol–water partition coefficient (Wildman–Crippen LogP) is 5.59. The van der Waals surface area contributed by atoms with E-state index in [2.05, 4.69) is 19.4 Å². The number of nitrogens with zero attached hydrogens (tertiary/aromatic N) is 2. The van der Waals surface area contributed by atoms with E-state index in [0.717, 1.165) is 12.8 Å². The Labute approximate surface area is 178 Å². The van der Waals surface area contributed by atoms with E-state index in [1.165, 1.54) is 0 Å². The molecule has 0 radical (unpaired) electrons. The van der Waals surface area contributed by atoms with Crippen LogP contribution >= 0.6 is 0 Å². The minimum absolute atomic E-state index is 0.0628. The molecule has 1 aliphatic heterocycles. The Hall–Kier alpha value is -2.63. The normalized spacial score (nSPS) is 19.6. The molecule has 0 bridgehead atoms. The first kappa shape index (κ1) is 24.0. The molecule has 1 fully saturated rings. The molecule has 0 amide bonds. The van der Waals surface area contributed by atoms with E-state index in [-0.39, 0.29) is 31.1 Å². The lowest BCUT2D eigenvalue weighted by atomic mass is 9.94. The van der Waals surface area contributed by atoms with Crippen LogP contribution in [0.4, 0.5) is 30.7 Å². The van der Waals surface area contributed by atoms with Gasteiger partial charge in [-0.2, -0.15) is 17.6 Å². The quantitative estimate of drug-likeness (QED) is 0.374. The molecule has 2 heterocycles. The topological polar surface area (TPSA) is 53.5 Å². The van der Waals surface area contributed by atoms with Crippen molar-refractivity contribution in [2.24, 2.45) is 5.92 Å². The lowest BCUT2D eigenvalue weighted by molar-refractivity contribution is -0.265. The van der Waals surface area contributed by atoms with Gasteiger partial charge in [0.15, 0.2) is 29.3 Å². The van der Waals surface area contributed by atoms with Gasteiger partial charge in [-0.25, -0.2) is 23.1 Å². The lowest BCUT2D eigenvalue weighted by Gasteiger charge is -2.33. The summed E-state index contributed by atoms with van der Waals surface area (Å²) >= 11 is 0. The Morgan fingerprint density at radius 3 is 2.12 bits per heavy atom. The number of hydrogen-bond donors (Lipinski definition) is 0. The summed E-state index contributed by atoms with van der Waals surface area (Å²) in [6.45, 7) is 2.15. The monoisotopic (exact) mass is 468 g/mol. The minimum atomic E-state index is -4.31. The second-order valence-corrected chi connectivity index (χ2v) is 7.28. The number of benzene rings is 1. The molecule has 176 valence electrons. The maximum absolute atomic E-state index is 14.4. The van der Waals surface area contributed by atoms with Gasteiger partial charge in [-0.15, -0.1) is 0 Å². The molecule has 3 rings (SSSR count). The van der Waals surface area contributed by atoms with Gasteiger partial charge in [0, 0.05) is 12.1 Å². The van der Waals surface area contributed by atoms with Crippen molar-refractivity contribution in [1.29, 1.82) is 0 Å². The number of halogens is 7. The van der Waals surface area contributed by atoms with E-state index in [0.29, 0.717) is 18.8 Å². The van der Waals surface area contributed by atoms with Gasteiger partial charge in [0.1, 0.15) is 5.75 Å². The van der Waals surface area contributed by atoms with Crippen molar-refractivity contribution in [3.8, 4) is 11.5 Å². The fraction of sp³-hybridized carbons (Fsp3) is 0.500. The van der Waals surface area contributed by atoms with Crippen LogP contribution in [0.1, 0.15) is 38.4 Å². The average molecular weight is 468 g/mol. The predicted molar refractivity (Wildman–Crippen MR) is 95.8 cm³/mol. The smallest absolute Gasteiger partial charge is 0.427 e. The SMILES string of the molecule is CCCC1CCC(C(F)(F)Oc2cnc(C(F)(F)Oc3cc(F)c(F)c(F)c3)nc2)OC1. The number of alkyl halides is 4. The Balaban J connectivity index is 1.65. The van der Waals surface area contributed by atoms with E-state index in [1.54, 1.807) is 0 Å². The third-order valence-electron chi connectivity index (χ3n) is 4.79. The van der Waals surface area contributed by atoms with Crippen molar-refractivity contribution in [2.45, 2.75) is 50.9 Å². The summed E-state index contributed by atoms with van der Waals surface area (Å²) in [5.41, 5.74) is 0. The zero-order chi connectivity index (χ0) is 23.5. The van der Waals surface area contributed by atoms with Crippen LogP contribution in [0.2, 0.25) is 0 Å². The summed E-state index contributed by atoms with van der Waals surface area (Å²) in [6, 6.07) is 0.416. The van der Waals surface area contributed by atoms with E-state index in [4.69, 9.17) is 4.74 Å². The van der Waals surface area contributed by atoms with E-state index in [1.807, 2.05) is 6.92 Å². The highest BCUT2D eigenvalue weighted by Crippen LogP contribution is 2.35. The van der Waals surface area contributed by atoms with E-state index in [9.17, 15) is 30.7 Å². The van der Waals surface area contributed by atoms with Gasteiger partial charge in [0.2, 0.25) is 5.82 Å². The van der Waals surface area contributed by atoms with Crippen molar-refractivity contribution in [3.05, 3.63) is 47.8 Å². The highest BCUT2D eigenvalue weighted by Gasteiger charge is 2.46. The van der Waals surface area contributed by atoms with Crippen LogP contribution in [0.25, 0.3) is 0 Å². The molecule has 12 heteroatoms. The first-order chi connectivity index (χ1) is 15.0. The number of ether oxygens (including phenoxy) is 3. The van der Waals surface area contributed by atoms with Crippen LogP contribution < -0.4 is 9.47 Å². The maximum atomic E-state index is 14.4. The lowest BCUT2D eigenvalue weighted by Crippen LogP contribution is -2.44. The molecule has 32 heavy (non-hydrogen) atoms. The summed E-state index contributed by atoms with van der Waals surface area (Å²) in [5, 5.41) is 0. The zero-order valence-electron chi connectivity index (χ0n) is 16.8. The molecule has 2 unspecified atom stereocenters. The number of rotatable bonds is 8. The van der Waals surface area contributed by atoms with Crippen LogP contribution in [0.15, 0.2) is 24.5 Å². The molecule has 2 atom stereocenters. The van der Waals surface area contributed by atoms with Crippen LogP contribution in [0.3, 0.4) is 0 Å². The van der Waals surface area contributed by atoms with Crippen LogP contribution in [0, 0.1) is 23.4 Å². The van der Waals surface area contributed by atoms with Crippen LogP contribution in [-0.4, -0.2) is 28.8 Å². The molecule has 0 spiro atoms. The molecule has 0 aliphatic carbocycles. The van der Waals surface area contributed by atoms with E-state index >= 15 is 0 Å². The van der Waals surface area contributed by atoms with Gasteiger partial charge >= 0.3 is 12.2 Å². The average Bonchev–Trinajstić information content (AvgIpc) is 2.72. The third kappa shape index (κ3) is 5.59. The molecule has 1 saturated heterocycles. The summed E-state index contributed by atoms with van der Waals surface area (Å²) in [6.07, 6.45) is -6.04. The van der Waals surface area contributed by atoms with Gasteiger partial charge < -0.3 is 14.2 Å². The van der Waals surface area contributed by atoms with Gasteiger partial charge in [0.25, 0.3) is 0 Å². The standard InChI is InChI=1S/C20H19F7N2O3/c1-2-3-11-4-5-16(30-10-11)19(24,25)32-13-8-28-18(29-9-13)20(26,27)31-12-6-14(21)17(23)15(22)7-12/h6-9,11,16H,2-5,10H2,1H3. The van der Waals surface area contributed by atoms with Gasteiger partial charge in [-0.05, 0) is 25.2 Å². The molecule has 2 aromatic rings. The van der Waals surface area contributed by atoms with Crippen molar-refractivity contribution in [3.63, 3.8) is 0 Å². The Kier molecular flexibility index (Phi) is 7.11. The van der Waals surface area contributed by atoms with Gasteiger partial charge in [-0.3, -0.25) is 0 Å². The summed E-state index contributed by atoms with van der Waals surface area (Å²) in [5.74, 6) is -8.08. The molecule has 5 nitrogen and oxygen atoms in total. The Bertz CT molecular complexity index is 897. The summed E-state index contributed by atoms with van der Waals surface area (Å²) in [7, 11) is 0. The summed E-state index contributed by atoms with van der Waals surface area (Å²) in [4.78, 5) is 6.46. The van der Waals surface area contributed by atoms with E-state index < -0.39 is 53.1 Å². The van der Waals surface area contributed by atoms with Crippen molar-refractivity contribution < 1.29 is 44.9 Å². The molecular weight excluding hydrogens is 449 g/mol. The Morgan fingerprint density at radius 2 is 1.59 bits per heavy atom. The van der Waals surface area contributed by atoms with Crippen molar-refractivity contribution >= 4 is 0 Å². The first-order valence-corrected chi connectivity index (χ1v) is 9.74. The highest BCUT2D eigenvalue weighted by molar-refractivity contribution is 5.26. The molecule has 0 saturated carbocycles. The zero-order valence-corrected chi connectivity index (χ0v) is 16.8. The third-order valence-corrected chi connectivity index (χ3v) is 4.79. The molecule has 0 N–H and O–H groups in total. The number of aromatic nitrogens is 2. The molecular formula is C20H19F7N2O3. The van der Waals surface area contributed by atoms with Gasteiger partial charge in [0.05, 0.1) is 19.0 Å². The second kappa shape index (κ2) is 9.47. The fourth-order valence-electron chi connectivity index (χ4n) is 3.23. The summed E-state index contributed by atoms with van der Waals surface area (Å²) < 4.78 is 110.